The van der Waals surface area contributed by atoms with E-state index in [0.29, 0.717) is 0 Å². The van der Waals surface area contributed by atoms with Gasteiger partial charge in [-0.1, -0.05) is 20.3 Å². The molecule has 0 amide bonds. The predicted octanol–water partition coefficient (Wildman–Crippen LogP) is 1.40. The van der Waals surface area contributed by atoms with Gasteiger partial charge in [0.1, 0.15) is 0 Å². The Morgan fingerprint density at radius 3 is 2.41 bits per heavy atom. The molecule has 0 bridgehead atoms. The monoisotopic (exact) mass is 239 g/mol. The van der Waals surface area contributed by atoms with Gasteiger partial charge in [0.15, 0.2) is 0 Å². The Morgan fingerprint density at radius 2 is 1.82 bits per heavy atom. The van der Waals surface area contributed by atoms with Gasteiger partial charge >= 0.3 is 0 Å². The van der Waals surface area contributed by atoms with Crippen molar-refractivity contribution in [1.29, 1.82) is 0 Å². The summed E-state index contributed by atoms with van der Waals surface area (Å²) in [6, 6.07) is 1.57. The summed E-state index contributed by atoms with van der Waals surface area (Å²) in [4.78, 5) is 5.38. The number of hydrogen-bond donors (Lipinski definition) is 1. The lowest BCUT2D eigenvalue weighted by atomic mass is 9.98. The topological polar surface area (TPSA) is 18.5 Å². The van der Waals surface area contributed by atoms with Gasteiger partial charge in [0, 0.05) is 44.8 Å². The van der Waals surface area contributed by atoms with E-state index in [1.807, 2.05) is 0 Å². The third-order valence-corrected chi connectivity index (χ3v) is 4.86. The Morgan fingerprint density at radius 1 is 1.12 bits per heavy atom. The molecule has 3 atom stereocenters. The van der Waals surface area contributed by atoms with Crippen molar-refractivity contribution in [3.8, 4) is 0 Å². The molecular weight excluding hydrogens is 210 g/mol. The number of nitrogens with one attached hydrogen (secondary N) is 1. The highest BCUT2D eigenvalue weighted by molar-refractivity contribution is 4.90. The second-order valence-corrected chi connectivity index (χ2v) is 5.72. The third kappa shape index (κ3) is 3.01. The molecule has 0 spiro atoms. The van der Waals surface area contributed by atoms with Crippen LogP contribution in [0.15, 0.2) is 0 Å². The van der Waals surface area contributed by atoms with Crippen LogP contribution in [0.5, 0.6) is 0 Å². The molecule has 2 aliphatic rings. The van der Waals surface area contributed by atoms with Crippen molar-refractivity contribution in [2.75, 3.05) is 39.3 Å². The predicted molar refractivity (Wildman–Crippen MR) is 73.3 cm³/mol. The fourth-order valence-electron chi connectivity index (χ4n) is 3.33. The van der Waals surface area contributed by atoms with Crippen LogP contribution in [0.1, 0.15) is 33.6 Å². The van der Waals surface area contributed by atoms with Crippen LogP contribution in [-0.2, 0) is 0 Å². The summed E-state index contributed by atoms with van der Waals surface area (Å²) < 4.78 is 0. The molecule has 100 valence electrons. The number of rotatable bonds is 4. The van der Waals surface area contributed by atoms with Crippen molar-refractivity contribution in [1.82, 2.24) is 15.1 Å². The maximum absolute atomic E-state index is 3.56. The Hall–Kier alpha value is -0.120. The second kappa shape index (κ2) is 6.17. The first-order valence-corrected chi connectivity index (χ1v) is 7.45. The van der Waals surface area contributed by atoms with Crippen LogP contribution in [0.2, 0.25) is 0 Å². The first kappa shape index (κ1) is 13.3. The van der Waals surface area contributed by atoms with E-state index in [-0.39, 0.29) is 0 Å². The quantitative estimate of drug-likeness (QED) is 0.800. The maximum Gasteiger partial charge on any atom is 0.0261 e. The van der Waals surface area contributed by atoms with Gasteiger partial charge in [-0.3, -0.25) is 9.80 Å². The van der Waals surface area contributed by atoms with Crippen molar-refractivity contribution in [2.45, 2.75) is 45.7 Å². The molecule has 0 aliphatic carbocycles. The summed E-state index contributed by atoms with van der Waals surface area (Å²) in [5.74, 6) is 0.880. The summed E-state index contributed by atoms with van der Waals surface area (Å²) in [6.45, 7) is 14.5. The summed E-state index contributed by atoms with van der Waals surface area (Å²) in [6.07, 6.45) is 2.60. The third-order valence-electron chi connectivity index (χ3n) is 4.86. The molecule has 2 fully saturated rings. The second-order valence-electron chi connectivity index (χ2n) is 5.72. The molecule has 0 aromatic rings. The van der Waals surface area contributed by atoms with E-state index in [4.69, 9.17) is 0 Å². The normalized spacial score (nSPS) is 34.1. The minimum Gasteiger partial charge on any atom is -0.315 e. The molecule has 2 rings (SSSR count). The Kier molecular flexibility index (Phi) is 4.83. The van der Waals surface area contributed by atoms with Gasteiger partial charge in [0.05, 0.1) is 0 Å². The number of nitrogens with zero attached hydrogens (tertiary/aromatic N) is 2. The molecule has 0 aromatic carbocycles. The van der Waals surface area contributed by atoms with Crippen LogP contribution in [0, 0.1) is 5.92 Å². The van der Waals surface area contributed by atoms with E-state index in [1.54, 1.807) is 0 Å². The van der Waals surface area contributed by atoms with Crippen molar-refractivity contribution >= 4 is 0 Å². The van der Waals surface area contributed by atoms with Crippen molar-refractivity contribution in [2.24, 2.45) is 5.92 Å². The molecule has 2 aliphatic heterocycles. The summed E-state index contributed by atoms with van der Waals surface area (Å²) in [7, 11) is 0. The SMILES string of the molecule is CCC1CNCC1N1CCN(C(C)CC)CC1. The summed E-state index contributed by atoms with van der Waals surface area (Å²) in [5.41, 5.74) is 0. The van der Waals surface area contributed by atoms with Gasteiger partial charge < -0.3 is 5.32 Å². The molecule has 3 heteroatoms. The highest BCUT2D eigenvalue weighted by Crippen LogP contribution is 2.21. The van der Waals surface area contributed by atoms with Gasteiger partial charge in [-0.05, 0) is 25.8 Å². The van der Waals surface area contributed by atoms with Crippen molar-refractivity contribution in [3.63, 3.8) is 0 Å². The molecule has 0 aromatic heterocycles. The lowest BCUT2D eigenvalue weighted by Crippen LogP contribution is -2.54. The molecule has 2 saturated heterocycles. The molecule has 1 N–H and O–H groups in total. The lowest BCUT2D eigenvalue weighted by Gasteiger charge is -2.41. The van der Waals surface area contributed by atoms with E-state index < -0.39 is 0 Å². The van der Waals surface area contributed by atoms with Crippen LogP contribution < -0.4 is 5.32 Å². The van der Waals surface area contributed by atoms with Crippen LogP contribution in [0.3, 0.4) is 0 Å². The average molecular weight is 239 g/mol. The Balaban J connectivity index is 1.82. The molecule has 3 nitrogen and oxygen atoms in total. The van der Waals surface area contributed by atoms with E-state index in [0.717, 1.165) is 18.0 Å². The van der Waals surface area contributed by atoms with Gasteiger partial charge in [-0.15, -0.1) is 0 Å². The van der Waals surface area contributed by atoms with Crippen LogP contribution in [0.25, 0.3) is 0 Å². The van der Waals surface area contributed by atoms with Crippen LogP contribution in [-0.4, -0.2) is 61.2 Å². The van der Waals surface area contributed by atoms with Gasteiger partial charge in [-0.2, -0.15) is 0 Å². The average Bonchev–Trinajstić information content (AvgIpc) is 2.86. The zero-order chi connectivity index (χ0) is 12.3. The fourth-order valence-corrected chi connectivity index (χ4v) is 3.33. The molecular formula is C14H29N3. The van der Waals surface area contributed by atoms with Gasteiger partial charge in [0.2, 0.25) is 0 Å². The lowest BCUT2D eigenvalue weighted by molar-refractivity contribution is 0.0641. The maximum atomic E-state index is 3.56. The first-order chi connectivity index (χ1) is 8.26. The van der Waals surface area contributed by atoms with Crippen LogP contribution >= 0.6 is 0 Å². The van der Waals surface area contributed by atoms with Crippen molar-refractivity contribution in [3.05, 3.63) is 0 Å². The standard InChI is InChI=1S/C14H29N3/c1-4-12(3)16-6-8-17(9-7-16)14-11-15-10-13(14)5-2/h12-15H,4-11H2,1-3H3. The van der Waals surface area contributed by atoms with E-state index in [9.17, 15) is 0 Å². The van der Waals surface area contributed by atoms with E-state index >= 15 is 0 Å². The largest absolute Gasteiger partial charge is 0.315 e. The minimum atomic E-state index is 0.765. The van der Waals surface area contributed by atoms with Crippen molar-refractivity contribution < 1.29 is 0 Å². The molecule has 0 radical (unpaired) electrons. The number of piperazine rings is 1. The first-order valence-electron chi connectivity index (χ1n) is 7.45. The zero-order valence-corrected chi connectivity index (χ0v) is 11.8. The van der Waals surface area contributed by atoms with Gasteiger partial charge in [0.25, 0.3) is 0 Å². The van der Waals surface area contributed by atoms with Gasteiger partial charge in [-0.25, -0.2) is 0 Å². The zero-order valence-electron chi connectivity index (χ0n) is 11.8. The molecule has 17 heavy (non-hydrogen) atoms. The highest BCUT2D eigenvalue weighted by Gasteiger charge is 2.32. The smallest absolute Gasteiger partial charge is 0.0261 e. The summed E-state index contributed by atoms with van der Waals surface area (Å²) >= 11 is 0. The molecule has 2 heterocycles. The summed E-state index contributed by atoms with van der Waals surface area (Å²) in [5, 5.41) is 3.56. The number of hydrogen-bond acceptors (Lipinski definition) is 3. The molecule has 0 saturated carbocycles. The van der Waals surface area contributed by atoms with Crippen LogP contribution in [0.4, 0.5) is 0 Å². The Bertz CT molecular complexity index is 224. The Labute approximate surface area is 107 Å². The minimum absolute atomic E-state index is 0.765. The highest BCUT2D eigenvalue weighted by atomic mass is 15.3. The molecule has 3 unspecified atom stereocenters. The van der Waals surface area contributed by atoms with E-state index in [1.165, 1.54) is 52.1 Å². The van der Waals surface area contributed by atoms with E-state index in [2.05, 4.69) is 35.9 Å². The fraction of sp³-hybridized carbons (Fsp3) is 1.00.